The molecule has 1 N–H and O–H groups in total. The number of aromatic nitrogens is 3. The zero-order chi connectivity index (χ0) is 14.7. The Kier molecular flexibility index (Phi) is 4.31. The van der Waals surface area contributed by atoms with E-state index in [2.05, 4.69) is 46.0 Å². The molecule has 0 saturated heterocycles. The fourth-order valence-electron chi connectivity index (χ4n) is 2.49. The van der Waals surface area contributed by atoms with E-state index >= 15 is 0 Å². The zero-order valence-electron chi connectivity index (χ0n) is 12.4. The van der Waals surface area contributed by atoms with Gasteiger partial charge in [0.2, 0.25) is 0 Å². The second kappa shape index (κ2) is 6.37. The van der Waals surface area contributed by atoms with E-state index in [1.165, 1.54) is 15.8 Å². The molecular weight excluding hydrogens is 280 g/mol. The Morgan fingerprint density at radius 1 is 1.38 bits per heavy atom. The summed E-state index contributed by atoms with van der Waals surface area (Å²) < 4.78 is 3.11. The maximum Gasteiger partial charge on any atom is 0.0809 e. The molecular formula is C16H20N4S. The highest BCUT2D eigenvalue weighted by atomic mass is 32.1. The molecule has 21 heavy (non-hydrogen) atoms. The standard InChI is InChI=1S/C16H20N4S/c1-3-5-17-15(7-12-9-19-20(2)11-12)13-8-16-14(18-10-13)4-6-21-16/h4,6,8-11,15,17H,3,5,7H2,1-2H3. The van der Waals surface area contributed by atoms with Gasteiger partial charge in [-0.15, -0.1) is 11.3 Å². The first-order valence-electron chi connectivity index (χ1n) is 7.30. The highest BCUT2D eigenvalue weighted by Gasteiger charge is 2.14. The van der Waals surface area contributed by atoms with Gasteiger partial charge < -0.3 is 5.32 Å². The third-order valence-electron chi connectivity index (χ3n) is 3.57. The Bertz CT molecular complexity index is 716. The van der Waals surface area contributed by atoms with E-state index in [9.17, 15) is 0 Å². The van der Waals surface area contributed by atoms with Gasteiger partial charge in [0.15, 0.2) is 0 Å². The van der Waals surface area contributed by atoms with Gasteiger partial charge in [-0.2, -0.15) is 5.10 Å². The number of hydrogen-bond acceptors (Lipinski definition) is 4. The first-order chi connectivity index (χ1) is 10.3. The number of rotatable bonds is 6. The number of hydrogen-bond donors (Lipinski definition) is 1. The van der Waals surface area contributed by atoms with Gasteiger partial charge in [-0.05, 0) is 48.0 Å². The smallest absolute Gasteiger partial charge is 0.0809 e. The van der Waals surface area contributed by atoms with Gasteiger partial charge in [-0.1, -0.05) is 6.92 Å². The molecule has 0 aliphatic rings. The van der Waals surface area contributed by atoms with Gasteiger partial charge in [0.1, 0.15) is 0 Å². The third kappa shape index (κ3) is 3.31. The highest BCUT2D eigenvalue weighted by molar-refractivity contribution is 7.17. The minimum atomic E-state index is 0.285. The Morgan fingerprint density at radius 2 is 2.29 bits per heavy atom. The van der Waals surface area contributed by atoms with Crippen molar-refractivity contribution in [2.45, 2.75) is 25.8 Å². The van der Waals surface area contributed by atoms with Crippen molar-refractivity contribution in [1.82, 2.24) is 20.1 Å². The first kappa shape index (κ1) is 14.2. The number of thiophene rings is 1. The van der Waals surface area contributed by atoms with Gasteiger partial charge in [0, 0.05) is 25.5 Å². The maximum absolute atomic E-state index is 4.57. The van der Waals surface area contributed by atoms with E-state index < -0.39 is 0 Å². The van der Waals surface area contributed by atoms with Crippen LogP contribution in [0.25, 0.3) is 10.2 Å². The average molecular weight is 300 g/mol. The zero-order valence-corrected chi connectivity index (χ0v) is 13.2. The summed E-state index contributed by atoms with van der Waals surface area (Å²) in [5.74, 6) is 0. The van der Waals surface area contributed by atoms with Gasteiger partial charge >= 0.3 is 0 Å². The third-order valence-corrected chi connectivity index (χ3v) is 4.42. The number of nitrogens with one attached hydrogen (secondary N) is 1. The summed E-state index contributed by atoms with van der Waals surface area (Å²) in [6, 6.07) is 4.61. The van der Waals surface area contributed by atoms with E-state index in [-0.39, 0.29) is 6.04 Å². The Labute approximate surface area is 128 Å². The molecule has 1 unspecified atom stereocenters. The predicted molar refractivity (Wildman–Crippen MR) is 87.6 cm³/mol. The Hall–Kier alpha value is -1.72. The molecule has 3 heterocycles. The Balaban J connectivity index is 1.86. The normalized spacial score (nSPS) is 12.9. The van der Waals surface area contributed by atoms with E-state index in [1.54, 1.807) is 11.3 Å². The lowest BCUT2D eigenvalue weighted by Gasteiger charge is -2.18. The van der Waals surface area contributed by atoms with E-state index in [0.29, 0.717) is 0 Å². The van der Waals surface area contributed by atoms with Gasteiger partial charge in [-0.25, -0.2) is 0 Å². The summed E-state index contributed by atoms with van der Waals surface area (Å²) >= 11 is 1.75. The molecule has 0 saturated carbocycles. The van der Waals surface area contributed by atoms with Crippen molar-refractivity contribution < 1.29 is 0 Å². The van der Waals surface area contributed by atoms with Crippen molar-refractivity contribution >= 4 is 21.6 Å². The van der Waals surface area contributed by atoms with Crippen molar-refractivity contribution in [3.05, 3.63) is 47.2 Å². The van der Waals surface area contributed by atoms with Crippen LogP contribution in [0.5, 0.6) is 0 Å². The van der Waals surface area contributed by atoms with Crippen LogP contribution in [0.15, 0.2) is 36.1 Å². The molecule has 3 aromatic heterocycles. The van der Waals surface area contributed by atoms with Crippen LogP contribution in [0.1, 0.15) is 30.5 Å². The Morgan fingerprint density at radius 3 is 3.05 bits per heavy atom. The molecule has 3 aromatic rings. The van der Waals surface area contributed by atoms with Crippen LogP contribution in [-0.2, 0) is 13.5 Å². The van der Waals surface area contributed by atoms with E-state index in [0.717, 1.165) is 24.9 Å². The molecule has 0 radical (unpaired) electrons. The molecule has 0 aliphatic heterocycles. The summed E-state index contributed by atoms with van der Waals surface area (Å²) in [5, 5.41) is 9.98. The van der Waals surface area contributed by atoms with Crippen molar-refractivity contribution in [3.8, 4) is 0 Å². The topological polar surface area (TPSA) is 42.7 Å². The molecule has 110 valence electrons. The maximum atomic E-state index is 4.57. The molecule has 5 heteroatoms. The summed E-state index contributed by atoms with van der Waals surface area (Å²) in [6.07, 6.45) is 8.08. The molecule has 0 spiro atoms. The van der Waals surface area contributed by atoms with E-state index in [1.807, 2.05) is 24.1 Å². The second-order valence-corrected chi connectivity index (χ2v) is 6.25. The average Bonchev–Trinajstić information content (AvgIpc) is 3.11. The van der Waals surface area contributed by atoms with Crippen LogP contribution >= 0.6 is 11.3 Å². The summed E-state index contributed by atoms with van der Waals surface area (Å²) in [5.41, 5.74) is 3.58. The second-order valence-electron chi connectivity index (χ2n) is 5.31. The quantitative estimate of drug-likeness (QED) is 0.759. The summed E-state index contributed by atoms with van der Waals surface area (Å²) in [7, 11) is 1.96. The molecule has 0 aliphatic carbocycles. The number of aryl methyl sites for hydroxylation is 1. The SMILES string of the molecule is CCCNC(Cc1cnn(C)c1)c1cnc2ccsc2c1. The molecule has 0 amide bonds. The van der Waals surface area contributed by atoms with Crippen molar-refractivity contribution in [2.24, 2.45) is 7.05 Å². The lowest BCUT2D eigenvalue weighted by atomic mass is 10.0. The molecule has 1 atom stereocenters. The van der Waals surface area contributed by atoms with E-state index in [4.69, 9.17) is 0 Å². The van der Waals surface area contributed by atoms with Gasteiger partial charge in [0.05, 0.1) is 16.4 Å². The van der Waals surface area contributed by atoms with Gasteiger partial charge in [0.25, 0.3) is 0 Å². The van der Waals surface area contributed by atoms with Crippen LogP contribution < -0.4 is 5.32 Å². The van der Waals surface area contributed by atoms with Gasteiger partial charge in [-0.3, -0.25) is 9.67 Å². The van der Waals surface area contributed by atoms with Crippen LogP contribution in [0.2, 0.25) is 0 Å². The molecule has 3 rings (SSSR count). The van der Waals surface area contributed by atoms with Crippen molar-refractivity contribution in [1.29, 1.82) is 0 Å². The van der Waals surface area contributed by atoms with Crippen LogP contribution in [-0.4, -0.2) is 21.3 Å². The predicted octanol–water partition coefficient (Wildman–Crippen LogP) is 3.31. The fraction of sp³-hybridized carbons (Fsp3) is 0.375. The summed E-state index contributed by atoms with van der Waals surface area (Å²) in [6.45, 7) is 3.20. The molecule has 4 nitrogen and oxygen atoms in total. The number of pyridine rings is 1. The lowest BCUT2D eigenvalue weighted by Crippen LogP contribution is -2.24. The highest BCUT2D eigenvalue weighted by Crippen LogP contribution is 2.24. The minimum absolute atomic E-state index is 0.285. The number of nitrogens with zero attached hydrogens (tertiary/aromatic N) is 3. The molecule has 0 bridgehead atoms. The fourth-order valence-corrected chi connectivity index (χ4v) is 3.28. The lowest BCUT2D eigenvalue weighted by molar-refractivity contribution is 0.528. The molecule has 0 aromatic carbocycles. The first-order valence-corrected chi connectivity index (χ1v) is 8.18. The largest absolute Gasteiger partial charge is 0.310 e. The molecule has 0 fully saturated rings. The monoisotopic (exact) mass is 300 g/mol. The van der Waals surface area contributed by atoms with Crippen molar-refractivity contribution in [3.63, 3.8) is 0 Å². The number of fused-ring (bicyclic) bond motifs is 1. The van der Waals surface area contributed by atoms with Crippen molar-refractivity contribution in [2.75, 3.05) is 6.54 Å². The van der Waals surface area contributed by atoms with Crippen LogP contribution in [0.4, 0.5) is 0 Å². The minimum Gasteiger partial charge on any atom is -0.310 e. The van der Waals surface area contributed by atoms with Crippen LogP contribution in [0, 0.1) is 0 Å². The summed E-state index contributed by atoms with van der Waals surface area (Å²) in [4.78, 5) is 4.57. The van der Waals surface area contributed by atoms with Crippen LogP contribution in [0.3, 0.4) is 0 Å².